The summed E-state index contributed by atoms with van der Waals surface area (Å²) in [7, 11) is 0. The number of ether oxygens (including phenoxy) is 3. The van der Waals surface area contributed by atoms with E-state index in [1.807, 2.05) is 56.3 Å². The van der Waals surface area contributed by atoms with Crippen LogP contribution in [-0.4, -0.2) is 13.2 Å². The van der Waals surface area contributed by atoms with Crippen LogP contribution in [-0.2, 0) is 13.2 Å². The highest BCUT2D eigenvalue weighted by atomic mass is 79.9. The van der Waals surface area contributed by atoms with Crippen molar-refractivity contribution in [3.8, 4) is 17.2 Å². The first kappa shape index (κ1) is 23.6. The lowest BCUT2D eigenvalue weighted by Gasteiger charge is -2.16. The molecule has 164 valence electrons. The van der Waals surface area contributed by atoms with Gasteiger partial charge in [-0.1, -0.05) is 29.3 Å². The molecule has 0 unspecified atom stereocenters. The van der Waals surface area contributed by atoms with E-state index in [4.69, 9.17) is 37.4 Å². The number of hydrogen-bond acceptors (Lipinski definition) is 4. The lowest BCUT2D eigenvalue weighted by Crippen LogP contribution is -2.04. The molecule has 0 saturated heterocycles. The molecule has 0 aliphatic rings. The molecule has 0 heterocycles. The molecule has 0 fully saturated rings. The van der Waals surface area contributed by atoms with Gasteiger partial charge in [-0.05, 0) is 83.9 Å². The maximum atomic E-state index is 6.26. The summed E-state index contributed by atoms with van der Waals surface area (Å²) < 4.78 is 18.2. The second-order valence-corrected chi connectivity index (χ2v) is 8.37. The first-order chi connectivity index (χ1) is 15.0. The van der Waals surface area contributed by atoms with Gasteiger partial charge in [-0.2, -0.15) is 0 Å². The highest BCUT2D eigenvalue weighted by molar-refractivity contribution is 9.10. The summed E-state index contributed by atoms with van der Waals surface area (Å²) in [6.45, 7) is 6.03. The van der Waals surface area contributed by atoms with Crippen molar-refractivity contribution in [3.05, 3.63) is 80.2 Å². The van der Waals surface area contributed by atoms with Gasteiger partial charge in [-0.15, -0.1) is 0 Å². The average molecular weight is 525 g/mol. The van der Waals surface area contributed by atoms with Gasteiger partial charge in [-0.25, -0.2) is 0 Å². The summed E-state index contributed by atoms with van der Waals surface area (Å²) in [6, 6.07) is 17.2. The number of halogens is 3. The third-order valence-electron chi connectivity index (χ3n) is 4.42. The van der Waals surface area contributed by atoms with E-state index in [2.05, 4.69) is 21.2 Å². The minimum absolute atomic E-state index is 0.304. The second kappa shape index (κ2) is 11.5. The van der Waals surface area contributed by atoms with E-state index >= 15 is 0 Å². The van der Waals surface area contributed by atoms with Crippen LogP contribution in [0.5, 0.6) is 17.2 Å². The zero-order valence-electron chi connectivity index (χ0n) is 17.4. The van der Waals surface area contributed by atoms with Crippen molar-refractivity contribution < 1.29 is 14.2 Å². The smallest absolute Gasteiger partial charge is 0.175 e. The van der Waals surface area contributed by atoms with Gasteiger partial charge in [-0.3, -0.25) is 0 Å². The van der Waals surface area contributed by atoms with Crippen molar-refractivity contribution in [2.75, 3.05) is 18.5 Å². The fourth-order valence-electron chi connectivity index (χ4n) is 2.95. The SMILES string of the molecule is CCOc1ccc(NCc2cc(Br)c(OCc3ccc(Cl)cc3Cl)c(OCC)c2)cc1. The highest BCUT2D eigenvalue weighted by Crippen LogP contribution is 2.38. The lowest BCUT2D eigenvalue weighted by atomic mass is 10.2. The standard InChI is InChI=1S/C24H24BrCl2NO3/c1-3-29-20-9-7-19(8-10-20)28-14-16-11-21(25)24(23(12-16)30-4-2)31-15-17-5-6-18(26)13-22(17)27/h5-13,28H,3-4,14-15H2,1-2H3. The Kier molecular flexibility index (Phi) is 8.76. The Hall–Kier alpha value is -2.08. The van der Waals surface area contributed by atoms with Gasteiger partial charge in [0.05, 0.1) is 17.7 Å². The maximum Gasteiger partial charge on any atom is 0.175 e. The zero-order valence-corrected chi connectivity index (χ0v) is 20.5. The molecule has 3 aromatic carbocycles. The van der Waals surface area contributed by atoms with Gasteiger partial charge in [0.1, 0.15) is 12.4 Å². The van der Waals surface area contributed by atoms with E-state index in [1.165, 1.54) is 0 Å². The molecule has 0 amide bonds. The van der Waals surface area contributed by atoms with Crippen molar-refractivity contribution >= 4 is 44.8 Å². The first-order valence-corrected chi connectivity index (χ1v) is 11.5. The van der Waals surface area contributed by atoms with Gasteiger partial charge in [0.2, 0.25) is 0 Å². The minimum Gasteiger partial charge on any atom is -0.494 e. The van der Waals surface area contributed by atoms with E-state index < -0.39 is 0 Å². The molecular weight excluding hydrogens is 501 g/mol. The molecule has 0 atom stereocenters. The molecule has 3 aromatic rings. The zero-order chi connectivity index (χ0) is 22.2. The second-order valence-electron chi connectivity index (χ2n) is 6.67. The van der Waals surface area contributed by atoms with Gasteiger partial charge < -0.3 is 19.5 Å². The maximum absolute atomic E-state index is 6.26. The van der Waals surface area contributed by atoms with Crippen molar-refractivity contribution in [2.45, 2.75) is 27.0 Å². The summed E-state index contributed by atoms with van der Waals surface area (Å²) in [5.74, 6) is 2.17. The predicted octanol–water partition coefficient (Wildman–Crippen LogP) is 7.74. The van der Waals surface area contributed by atoms with Crippen LogP contribution in [0, 0.1) is 0 Å². The van der Waals surface area contributed by atoms with Crippen LogP contribution in [0.1, 0.15) is 25.0 Å². The molecule has 0 spiro atoms. The van der Waals surface area contributed by atoms with Crippen LogP contribution in [0.4, 0.5) is 5.69 Å². The molecule has 0 aliphatic carbocycles. The molecular formula is C24H24BrCl2NO3. The molecule has 0 radical (unpaired) electrons. The summed E-state index contributed by atoms with van der Waals surface area (Å²) in [4.78, 5) is 0. The van der Waals surface area contributed by atoms with E-state index in [0.29, 0.717) is 47.9 Å². The van der Waals surface area contributed by atoms with Crippen LogP contribution in [0.2, 0.25) is 10.0 Å². The monoisotopic (exact) mass is 523 g/mol. The number of nitrogens with one attached hydrogen (secondary N) is 1. The van der Waals surface area contributed by atoms with Crippen LogP contribution in [0.25, 0.3) is 0 Å². The van der Waals surface area contributed by atoms with Crippen molar-refractivity contribution in [3.63, 3.8) is 0 Å². The van der Waals surface area contributed by atoms with E-state index in [9.17, 15) is 0 Å². The molecule has 1 N–H and O–H groups in total. The lowest BCUT2D eigenvalue weighted by molar-refractivity contribution is 0.267. The van der Waals surface area contributed by atoms with Crippen molar-refractivity contribution in [1.29, 1.82) is 0 Å². The average Bonchev–Trinajstić information content (AvgIpc) is 2.74. The molecule has 3 rings (SSSR count). The van der Waals surface area contributed by atoms with Gasteiger partial charge in [0, 0.05) is 27.8 Å². The van der Waals surface area contributed by atoms with Crippen LogP contribution in [0.15, 0.2) is 59.1 Å². The Morgan fingerprint density at radius 1 is 0.871 bits per heavy atom. The van der Waals surface area contributed by atoms with E-state index in [0.717, 1.165) is 27.0 Å². The van der Waals surface area contributed by atoms with Crippen molar-refractivity contribution in [1.82, 2.24) is 0 Å². The van der Waals surface area contributed by atoms with Gasteiger partial charge >= 0.3 is 0 Å². The van der Waals surface area contributed by atoms with E-state index in [-0.39, 0.29) is 0 Å². The van der Waals surface area contributed by atoms with Crippen LogP contribution >= 0.6 is 39.1 Å². The Balaban J connectivity index is 1.71. The molecule has 0 saturated carbocycles. The molecule has 0 bridgehead atoms. The number of benzene rings is 3. The number of anilines is 1. The molecule has 7 heteroatoms. The van der Waals surface area contributed by atoms with Crippen LogP contribution < -0.4 is 19.5 Å². The highest BCUT2D eigenvalue weighted by Gasteiger charge is 2.14. The Morgan fingerprint density at radius 2 is 1.61 bits per heavy atom. The Morgan fingerprint density at radius 3 is 2.29 bits per heavy atom. The summed E-state index contributed by atoms with van der Waals surface area (Å²) in [5, 5.41) is 4.57. The molecule has 0 aromatic heterocycles. The number of hydrogen-bond donors (Lipinski definition) is 1. The quantitative estimate of drug-likeness (QED) is 0.294. The van der Waals surface area contributed by atoms with E-state index in [1.54, 1.807) is 12.1 Å². The fourth-order valence-corrected chi connectivity index (χ4v) is 4.02. The minimum atomic E-state index is 0.304. The number of rotatable bonds is 10. The first-order valence-electron chi connectivity index (χ1n) is 9.98. The van der Waals surface area contributed by atoms with Gasteiger partial charge in [0.15, 0.2) is 11.5 Å². The molecule has 31 heavy (non-hydrogen) atoms. The van der Waals surface area contributed by atoms with Crippen molar-refractivity contribution in [2.24, 2.45) is 0 Å². The summed E-state index contributed by atoms with van der Waals surface area (Å²) in [6.07, 6.45) is 0. The summed E-state index contributed by atoms with van der Waals surface area (Å²) in [5.41, 5.74) is 2.91. The third-order valence-corrected chi connectivity index (χ3v) is 5.59. The Labute approximate surface area is 201 Å². The topological polar surface area (TPSA) is 39.7 Å². The van der Waals surface area contributed by atoms with Gasteiger partial charge in [0.25, 0.3) is 0 Å². The molecule has 4 nitrogen and oxygen atoms in total. The third kappa shape index (κ3) is 6.70. The van der Waals surface area contributed by atoms with Crippen LogP contribution in [0.3, 0.4) is 0 Å². The summed E-state index contributed by atoms with van der Waals surface area (Å²) >= 11 is 15.9. The molecule has 0 aliphatic heterocycles. The Bertz CT molecular complexity index is 1010. The predicted molar refractivity (Wildman–Crippen MR) is 131 cm³/mol. The fraction of sp³-hybridized carbons (Fsp3) is 0.250. The largest absolute Gasteiger partial charge is 0.494 e. The normalized spacial score (nSPS) is 10.6.